The van der Waals surface area contributed by atoms with Crippen molar-refractivity contribution in [2.75, 3.05) is 5.73 Å². The summed E-state index contributed by atoms with van der Waals surface area (Å²) in [6.45, 7) is 1.90. The van der Waals surface area contributed by atoms with Crippen LogP contribution in [0.15, 0.2) is 35.0 Å². The van der Waals surface area contributed by atoms with Gasteiger partial charge in [-0.25, -0.2) is 8.78 Å². The van der Waals surface area contributed by atoms with Crippen molar-refractivity contribution < 1.29 is 13.3 Å². The molecule has 3 aromatic rings. The van der Waals surface area contributed by atoms with Gasteiger partial charge in [0.15, 0.2) is 11.6 Å². The minimum absolute atomic E-state index is 0.00436. The maximum absolute atomic E-state index is 13.3. The van der Waals surface area contributed by atoms with E-state index in [9.17, 15) is 8.78 Å². The highest BCUT2D eigenvalue weighted by molar-refractivity contribution is 5.71. The number of hydrogen-bond acceptors (Lipinski definition) is 5. The molecule has 21 heavy (non-hydrogen) atoms. The van der Waals surface area contributed by atoms with Crippen LogP contribution in [0, 0.1) is 18.6 Å². The largest absolute Gasteiger partial charge is 0.398 e. The SMILES string of the molecule is Cc1ccnc(-c2noc(-c3cc(F)c(F)cc3N)n2)c1. The number of aryl methyl sites for hydroxylation is 1. The van der Waals surface area contributed by atoms with Gasteiger partial charge in [0, 0.05) is 18.0 Å². The fourth-order valence-electron chi connectivity index (χ4n) is 1.84. The fraction of sp³-hybridized carbons (Fsp3) is 0.0714. The molecule has 0 aliphatic carbocycles. The molecule has 0 aliphatic rings. The number of nitrogens with two attached hydrogens (primary N) is 1. The van der Waals surface area contributed by atoms with Crippen molar-refractivity contribution in [3.8, 4) is 23.0 Å². The fourth-order valence-corrected chi connectivity index (χ4v) is 1.84. The lowest BCUT2D eigenvalue weighted by Crippen LogP contribution is -1.95. The van der Waals surface area contributed by atoms with Gasteiger partial charge in [0.2, 0.25) is 5.82 Å². The molecule has 0 radical (unpaired) electrons. The van der Waals surface area contributed by atoms with Gasteiger partial charge in [-0.2, -0.15) is 4.98 Å². The highest BCUT2D eigenvalue weighted by Gasteiger charge is 2.16. The average molecular weight is 288 g/mol. The second-order valence-electron chi connectivity index (χ2n) is 4.50. The third-order valence-corrected chi connectivity index (χ3v) is 2.89. The molecule has 0 saturated carbocycles. The van der Waals surface area contributed by atoms with Crippen molar-refractivity contribution in [2.24, 2.45) is 0 Å². The first kappa shape index (κ1) is 13.2. The second-order valence-corrected chi connectivity index (χ2v) is 4.50. The summed E-state index contributed by atoms with van der Waals surface area (Å²) in [7, 11) is 0. The maximum atomic E-state index is 13.3. The van der Waals surface area contributed by atoms with Crippen LogP contribution in [-0.4, -0.2) is 15.1 Å². The molecule has 0 atom stereocenters. The smallest absolute Gasteiger partial charge is 0.260 e. The zero-order chi connectivity index (χ0) is 15.0. The molecule has 0 fully saturated rings. The van der Waals surface area contributed by atoms with Crippen LogP contribution in [-0.2, 0) is 0 Å². The van der Waals surface area contributed by atoms with Crippen molar-refractivity contribution in [3.05, 3.63) is 47.7 Å². The van der Waals surface area contributed by atoms with E-state index in [-0.39, 0.29) is 23.0 Å². The average Bonchev–Trinajstić information content (AvgIpc) is 2.92. The van der Waals surface area contributed by atoms with Crippen molar-refractivity contribution in [1.29, 1.82) is 0 Å². The first-order valence-electron chi connectivity index (χ1n) is 6.06. The molecule has 2 heterocycles. The Labute approximate surface area is 118 Å². The summed E-state index contributed by atoms with van der Waals surface area (Å²) in [6, 6.07) is 5.41. The van der Waals surface area contributed by atoms with E-state index in [1.165, 1.54) is 0 Å². The molecule has 0 unspecified atom stereocenters. The Balaban J connectivity index is 2.05. The lowest BCUT2D eigenvalue weighted by molar-refractivity contribution is 0.431. The Morgan fingerprint density at radius 3 is 2.67 bits per heavy atom. The molecule has 2 aromatic heterocycles. The maximum Gasteiger partial charge on any atom is 0.260 e. The van der Waals surface area contributed by atoms with Crippen LogP contribution in [0.3, 0.4) is 0 Å². The van der Waals surface area contributed by atoms with Crippen LogP contribution in [0.2, 0.25) is 0 Å². The molecule has 3 rings (SSSR count). The number of benzene rings is 1. The minimum Gasteiger partial charge on any atom is -0.398 e. The van der Waals surface area contributed by atoms with E-state index in [1.54, 1.807) is 12.3 Å². The summed E-state index contributed by atoms with van der Waals surface area (Å²) < 4.78 is 31.4. The number of hydrogen-bond donors (Lipinski definition) is 1. The van der Waals surface area contributed by atoms with E-state index >= 15 is 0 Å². The number of rotatable bonds is 2. The first-order chi connectivity index (χ1) is 10.0. The van der Waals surface area contributed by atoms with Crippen molar-refractivity contribution >= 4 is 5.69 Å². The Bertz CT molecular complexity index is 816. The summed E-state index contributed by atoms with van der Waals surface area (Å²) >= 11 is 0. The molecule has 2 N–H and O–H groups in total. The van der Waals surface area contributed by atoms with Gasteiger partial charge in [-0.05, 0) is 30.7 Å². The van der Waals surface area contributed by atoms with E-state index in [0.29, 0.717) is 5.69 Å². The van der Waals surface area contributed by atoms with E-state index in [4.69, 9.17) is 10.3 Å². The summed E-state index contributed by atoms with van der Waals surface area (Å²) in [4.78, 5) is 8.23. The Hall–Kier alpha value is -2.83. The molecule has 0 aliphatic heterocycles. The lowest BCUT2D eigenvalue weighted by atomic mass is 10.1. The highest BCUT2D eigenvalue weighted by atomic mass is 19.2. The van der Waals surface area contributed by atoms with Crippen LogP contribution in [0.5, 0.6) is 0 Å². The van der Waals surface area contributed by atoms with Crippen molar-refractivity contribution in [2.45, 2.75) is 6.92 Å². The van der Waals surface area contributed by atoms with Gasteiger partial charge in [-0.15, -0.1) is 0 Å². The molecule has 0 bridgehead atoms. The van der Waals surface area contributed by atoms with Gasteiger partial charge in [-0.3, -0.25) is 4.98 Å². The zero-order valence-electron chi connectivity index (χ0n) is 11.0. The quantitative estimate of drug-likeness (QED) is 0.733. The van der Waals surface area contributed by atoms with Crippen LogP contribution < -0.4 is 5.73 Å². The Morgan fingerprint density at radius 1 is 1.14 bits per heavy atom. The molecule has 0 spiro atoms. The molecule has 1 aromatic carbocycles. The first-order valence-corrected chi connectivity index (χ1v) is 6.06. The lowest BCUT2D eigenvalue weighted by Gasteiger charge is -2.01. The Kier molecular flexibility index (Phi) is 3.09. The minimum atomic E-state index is -1.03. The zero-order valence-corrected chi connectivity index (χ0v) is 11.0. The van der Waals surface area contributed by atoms with Crippen molar-refractivity contribution in [1.82, 2.24) is 15.1 Å². The molecule has 0 saturated heterocycles. The third-order valence-electron chi connectivity index (χ3n) is 2.89. The summed E-state index contributed by atoms with van der Waals surface area (Å²) in [5.41, 5.74) is 7.30. The monoisotopic (exact) mass is 288 g/mol. The molecule has 5 nitrogen and oxygen atoms in total. The van der Waals surface area contributed by atoms with E-state index in [2.05, 4.69) is 15.1 Å². The predicted octanol–water partition coefficient (Wildman–Crippen LogP) is 2.97. The van der Waals surface area contributed by atoms with Crippen LogP contribution in [0.25, 0.3) is 23.0 Å². The standard InChI is InChI=1S/C14H10F2N4O/c1-7-2-3-18-12(4-7)13-19-14(21-20-13)8-5-9(15)10(16)6-11(8)17/h2-6H,17H2,1H3. The molecular weight excluding hydrogens is 278 g/mol. The number of nitrogen functional groups attached to an aromatic ring is 1. The number of anilines is 1. The van der Waals surface area contributed by atoms with Gasteiger partial charge in [0.05, 0.1) is 5.56 Å². The molecular formula is C14H10F2N4O. The second kappa shape index (κ2) is 4.93. The van der Waals surface area contributed by atoms with Gasteiger partial charge in [0.1, 0.15) is 5.69 Å². The summed E-state index contributed by atoms with van der Waals surface area (Å²) in [6.07, 6.45) is 1.62. The third kappa shape index (κ3) is 2.45. The normalized spacial score (nSPS) is 10.8. The van der Waals surface area contributed by atoms with Crippen LogP contribution in [0.1, 0.15) is 5.56 Å². The van der Waals surface area contributed by atoms with Gasteiger partial charge < -0.3 is 10.3 Å². The van der Waals surface area contributed by atoms with Crippen molar-refractivity contribution in [3.63, 3.8) is 0 Å². The highest BCUT2D eigenvalue weighted by Crippen LogP contribution is 2.28. The van der Waals surface area contributed by atoms with E-state index in [1.807, 2.05) is 13.0 Å². The van der Waals surface area contributed by atoms with E-state index in [0.717, 1.165) is 17.7 Å². The van der Waals surface area contributed by atoms with Crippen LogP contribution in [0.4, 0.5) is 14.5 Å². The predicted molar refractivity (Wildman–Crippen MR) is 72.0 cm³/mol. The molecule has 0 amide bonds. The van der Waals surface area contributed by atoms with Crippen LogP contribution >= 0.6 is 0 Å². The number of pyridine rings is 1. The van der Waals surface area contributed by atoms with Gasteiger partial charge in [-0.1, -0.05) is 5.16 Å². The summed E-state index contributed by atoms with van der Waals surface area (Å²) in [5.74, 6) is -1.81. The molecule has 7 heteroatoms. The Morgan fingerprint density at radius 2 is 1.90 bits per heavy atom. The summed E-state index contributed by atoms with van der Waals surface area (Å²) in [5, 5.41) is 3.78. The van der Waals surface area contributed by atoms with E-state index < -0.39 is 11.6 Å². The molecule has 106 valence electrons. The number of halogens is 2. The number of aromatic nitrogens is 3. The van der Waals surface area contributed by atoms with Gasteiger partial charge >= 0.3 is 0 Å². The topological polar surface area (TPSA) is 77.8 Å². The van der Waals surface area contributed by atoms with Gasteiger partial charge in [0.25, 0.3) is 5.89 Å². The number of nitrogens with zero attached hydrogens (tertiary/aromatic N) is 3.